The molecule has 29 heavy (non-hydrogen) atoms. The number of pyridine rings is 1. The Bertz CT molecular complexity index is 741. The molecule has 2 rings (SSSR count). The summed E-state index contributed by atoms with van der Waals surface area (Å²) in [5, 5.41) is 0.615. The Kier molecular flexibility index (Phi) is 16.9. The molecule has 0 fully saturated rings. The minimum atomic E-state index is -0.227. The quantitative estimate of drug-likeness (QED) is 0.482. The van der Waals surface area contributed by atoms with Crippen molar-refractivity contribution in [2.75, 3.05) is 0 Å². The maximum atomic E-state index is 12.5. The molecule has 2 aromatic rings. The molecule has 0 aliphatic heterocycles. The molecule has 1 aromatic carbocycles. The van der Waals surface area contributed by atoms with E-state index in [9.17, 15) is 14.0 Å². The van der Waals surface area contributed by atoms with E-state index in [4.69, 9.17) is 11.6 Å². The van der Waals surface area contributed by atoms with Gasteiger partial charge in [-0.25, -0.2) is 4.39 Å². The molecule has 1 heterocycles. The fraction of sp³-hybridized carbons (Fsp3) is 0.458. The molecule has 0 bridgehead atoms. The van der Waals surface area contributed by atoms with Crippen LogP contribution in [0.5, 0.6) is 0 Å². The maximum absolute atomic E-state index is 12.5. The normalized spacial score (nSPS) is 9.21. The molecular formula is C24H35ClFNO2. The number of hydrogen-bond acceptors (Lipinski definition) is 3. The van der Waals surface area contributed by atoms with E-state index in [1.54, 1.807) is 37.4 Å². The first-order valence-electron chi connectivity index (χ1n) is 9.79. The Morgan fingerprint density at radius 1 is 1.10 bits per heavy atom. The van der Waals surface area contributed by atoms with E-state index in [2.05, 4.69) is 25.8 Å². The van der Waals surface area contributed by atoms with Crippen molar-refractivity contribution in [2.24, 2.45) is 5.92 Å². The van der Waals surface area contributed by atoms with Gasteiger partial charge in [0.2, 0.25) is 0 Å². The highest BCUT2D eigenvalue weighted by molar-refractivity contribution is 6.31. The maximum Gasteiger partial charge on any atom is 0.162 e. The summed E-state index contributed by atoms with van der Waals surface area (Å²) in [5.74, 6) is 0.956. The van der Waals surface area contributed by atoms with Crippen molar-refractivity contribution in [3.63, 3.8) is 0 Å². The van der Waals surface area contributed by atoms with E-state index in [-0.39, 0.29) is 17.4 Å². The average molecular weight is 424 g/mol. The van der Waals surface area contributed by atoms with Crippen molar-refractivity contribution in [3.05, 3.63) is 64.2 Å². The summed E-state index contributed by atoms with van der Waals surface area (Å²) in [4.78, 5) is 24.4. The van der Waals surface area contributed by atoms with Gasteiger partial charge in [-0.1, -0.05) is 57.8 Å². The van der Waals surface area contributed by atoms with Crippen molar-refractivity contribution < 1.29 is 14.0 Å². The standard InChI is InChI=1S/C9H9ClO.C7H8FN.C5H12.C3H6O/c1-2-9(11)7-4-3-5-8(10)6-7;1-5-3-7(8)6(2)9-4-5;1-4-5(2)3;1-3(2)4/h3-6H,2H2,1H3;3-4H,1-2H3;5H,4H2,1-3H3;1-2H3. The molecule has 0 N–H and O–H groups in total. The summed E-state index contributed by atoms with van der Waals surface area (Å²) in [6.45, 7) is 15.0. The molecule has 5 heteroatoms. The van der Waals surface area contributed by atoms with E-state index in [1.807, 2.05) is 13.8 Å². The molecule has 0 saturated carbocycles. The molecule has 0 aliphatic carbocycles. The van der Waals surface area contributed by atoms with Crippen molar-refractivity contribution in [3.8, 4) is 0 Å². The minimum Gasteiger partial charge on any atom is -0.300 e. The van der Waals surface area contributed by atoms with Crippen molar-refractivity contribution >= 4 is 23.2 Å². The Morgan fingerprint density at radius 2 is 1.62 bits per heavy atom. The van der Waals surface area contributed by atoms with Gasteiger partial charge in [-0.2, -0.15) is 0 Å². The Morgan fingerprint density at radius 3 is 1.97 bits per heavy atom. The van der Waals surface area contributed by atoms with Crippen LogP contribution >= 0.6 is 11.6 Å². The lowest BCUT2D eigenvalue weighted by Crippen LogP contribution is -1.94. The van der Waals surface area contributed by atoms with Gasteiger partial charge < -0.3 is 4.79 Å². The lowest BCUT2D eigenvalue weighted by Gasteiger charge is -1.96. The number of benzene rings is 1. The summed E-state index contributed by atoms with van der Waals surface area (Å²) >= 11 is 5.69. The number of aromatic nitrogens is 1. The molecule has 0 atom stereocenters. The largest absolute Gasteiger partial charge is 0.300 e. The van der Waals surface area contributed by atoms with Crippen LogP contribution in [0.25, 0.3) is 0 Å². The van der Waals surface area contributed by atoms with Gasteiger partial charge in [0.25, 0.3) is 0 Å². The van der Waals surface area contributed by atoms with Crippen LogP contribution in [-0.2, 0) is 4.79 Å². The summed E-state index contributed by atoms with van der Waals surface area (Å²) < 4.78 is 12.5. The monoisotopic (exact) mass is 423 g/mol. The number of halogens is 2. The molecule has 0 aliphatic rings. The predicted molar refractivity (Wildman–Crippen MR) is 121 cm³/mol. The topological polar surface area (TPSA) is 47.0 Å². The zero-order valence-electron chi connectivity index (χ0n) is 19.0. The Balaban J connectivity index is 0. The van der Waals surface area contributed by atoms with Gasteiger partial charge in [0.1, 0.15) is 11.6 Å². The summed E-state index contributed by atoms with van der Waals surface area (Å²) in [5.41, 5.74) is 2.01. The third kappa shape index (κ3) is 17.7. The Labute approximate surface area is 180 Å². The van der Waals surface area contributed by atoms with E-state index in [0.29, 0.717) is 22.7 Å². The van der Waals surface area contributed by atoms with E-state index in [1.165, 1.54) is 26.3 Å². The summed E-state index contributed by atoms with van der Waals surface area (Å²) in [7, 11) is 0. The highest BCUT2D eigenvalue weighted by Gasteiger charge is 2.01. The van der Waals surface area contributed by atoms with Crippen molar-refractivity contribution in [2.45, 2.75) is 68.2 Å². The van der Waals surface area contributed by atoms with Gasteiger partial charge in [-0.05, 0) is 57.4 Å². The second-order valence-corrected chi connectivity index (χ2v) is 7.51. The van der Waals surface area contributed by atoms with Gasteiger partial charge in [0, 0.05) is 23.2 Å². The first-order chi connectivity index (χ1) is 13.4. The number of rotatable bonds is 3. The second-order valence-electron chi connectivity index (χ2n) is 7.08. The molecule has 3 nitrogen and oxygen atoms in total. The first-order valence-corrected chi connectivity index (χ1v) is 10.2. The third-order valence-electron chi connectivity index (χ3n) is 3.45. The molecular weight excluding hydrogens is 389 g/mol. The van der Waals surface area contributed by atoms with E-state index >= 15 is 0 Å². The van der Waals surface area contributed by atoms with Gasteiger partial charge in [-0.15, -0.1) is 0 Å². The molecule has 162 valence electrons. The van der Waals surface area contributed by atoms with E-state index < -0.39 is 0 Å². The highest BCUT2D eigenvalue weighted by atomic mass is 35.5. The van der Waals surface area contributed by atoms with E-state index in [0.717, 1.165) is 11.5 Å². The minimum absolute atomic E-state index is 0.132. The van der Waals surface area contributed by atoms with Crippen LogP contribution in [0.15, 0.2) is 36.5 Å². The summed E-state index contributed by atoms with van der Waals surface area (Å²) in [6, 6.07) is 8.48. The predicted octanol–water partition coefficient (Wildman–Crippen LogP) is 7.42. The molecule has 0 amide bonds. The Hall–Kier alpha value is -2.07. The number of aryl methyl sites for hydroxylation is 2. The SMILES string of the molecule is CC(C)=O.CCC(=O)c1cccc(Cl)c1.CCC(C)C.Cc1cnc(C)c(F)c1. The number of nitrogens with zero attached hydrogens (tertiary/aromatic N) is 1. The lowest BCUT2D eigenvalue weighted by molar-refractivity contribution is -0.115. The van der Waals surface area contributed by atoms with Gasteiger partial charge in [-0.3, -0.25) is 9.78 Å². The number of hydrogen-bond donors (Lipinski definition) is 0. The van der Waals surface area contributed by atoms with Gasteiger partial charge in [0.15, 0.2) is 5.78 Å². The van der Waals surface area contributed by atoms with Crippen molar-refractivity contribution in [1.82, 2.24) is 4.98 Å². The highest BCUT2D eigenvalue weighted by Crippen LogP contribution is 2.11. The summed E-state index contributed by atoms with van der Waals surface area (Å²) in [6.07, 6.45) is 3.48. The number of Topliss-reactive ketones (excluding diaryl/α,β-unsaturated/α-hetero) is 2. The number of carbonyl (C=O) groups excluding carboxylic acids is 2. The lowest BCUT2D eigenvalue weighted by atomic mass is 10.1. The second kappa shape index (κ2) is 16.8. The molecule has 0 unspecified atom stereocenters. The van der Waals surface area contributed by atoms with Crippen LogP contribution in [-0.4, -0.2) is 16.6 Å². The van der Waals surface area contributed by atoms with Gasteiger partial charge in [0.05, 0.1) is 5.69 Å². The average Bonchev–Trinajstić information content (AvgIpc) is 2.65. The van der Waals surface area contributed by atoms with Crippen LogP contribution in [0.3, 0.4) is 0 Å². The smallest absolute Gasteiger partial charge is 0.162 e. The van der Waals surface area contributed by atoms with Crippen LogP contribution in [0, 0.1) is 25.6 Å². The van der Waals surface area contributed by atoms with Crippen molar-refractivity contribution in [1.29, 1.82) is 0 Å². The van der Waals surface area contributed by atoms with Crippen LogP contribution in [0.4, 0.5) is 4.39 Å². The van der Waals surface area contributed by atoms with Crippen LogP contribution < -0.4 is 0 Å². The first kappa shape index (κ1) is 29.1. The zero-order valence-corrected chi connectivity index (χ0v) is 19.7. The fourth-order valence-electron chi connectivity index (χ4n) is 1.47. The number of carbonyl (C=O) groups is 2. The molecule has 1 aromatic heterocycles. The molecule has 0 radical (unpaired) electrons. The van der Waals surface area contributed by atoms with Crippen LogP contribution in [0.1, 0.15) is 76.0 Å². The zero-order chi connectivity index (χ0) is 23.0. The molecule has 0 spiro atoms. The molecule has 0 saturated heterocycles. The third-order valence-corrected chi connectivity index (χ3v) is 3.68. The van der Waals surface area contributed by atoms with Crippen LogP contribution in [0.2, 0.25) is 5.02 Å². The number of ketones is 2. The van der Waals surface area contributed by atoms with Gasteiger partial charge >= 0.3 is 0 Å². The fourth-order valence-corrected chi connectivity index (χ4v) is 1.66.